The number of hydrogen-bond donors (Lipinski definition) is 0. The summed E-state index contributed by atoms with van der Waals surface area (Å²) in [6, 6.07) is 8.14. The van der Waals surface area contributed by atoms with Crippen LogP contribution in [0.1, 0.15) is 36.8 Å². The molecule has 0 spiro atoms. The van der Waals surface area contributed by atoms with E-state index in [1.165, 1.54) is 31.2 Å². The quantitative estimate of drug-likeness (QED) is 0.734. The number of nitrogens with zero attached hydrogens (tertiary/aromatic N) is 2. The highest BCUT2D eigenvalue weighted by atomic mass is 16.6. The molecule has 1 unspecified atom stereocenters. The van der Waals surface area contributed by atoms with Gasteiger partial charge in [-0.3, -0.25) is 4.57 Å². The van der Waals surface area contributed by atoms with Crippen molar-refractivity contribution in [1.82, 2.24) is 9.55 Å². The third-order valence-corrected chi connectivity index (χ3v) is 6.05. The molecule has 2 fully saturated rings. The van der Waals surface area contributed by atoms with Gasteiger partial charge >= 0.3 is 5.69 Å². The van der Waals surface area contributed by atoms with Gasteiger partial charge in [-0.2, -0.15) is 4.98 Å². The minimum Gasteiger partial charge on any atom is -0.475 e. The lowest BCUT2D eigenvalue weighted by atomic mass is 9.95. The van der Waals surface area contributed by atoms with Gasteiger partial charge < -0.3 is 14.2 Å². The van der Waals surface area contributed by atoms with E-state index in [-0.39, 0.29) is 11.8 Å². The first kappa shape index (κ1) is 19.3. The van der Waals surface area contributed by atoms with Gasteiger partial charge in [-0.15, -0.1) is 0 Å². The van der Waals surface area contributed by atoms with Crippen molar-refractivity contribution < 1.29 is 14.2 Å². The van der Waals surface area contributed by atoms with Crippen molar-refractivity contribution in [1.29, 1.82) is 0 Å². The molecule has 0 bridgehead atoms. The van der Waals surface area contributed by atoms with Gasteiger partial charge in [0.15, 0.2) is 0 Å². The topological polar surface area (TPSA) is 62.6 Å². The van der Waals surface area contributed by atoms with Gasteiger partial charge in [-0.25, -0.2) is 4.79 Å². The third-order valence-electron chi connectivity index (χ3n) is 6.05. The fraction of sp³-hybridized carbons (Fsp3) is 0.500. The van der Waals surface area contributed by atoms with E-state index in [4.69, 9.17) is 14.2 Å². The molecule has 1 aliphatic carbocycles. The summed E-state index contributed by atoms with van der Waals surface area (Å²) in [5.74, 6) is 7.67. The number of hydrogen-bond acceptors (Lipinski definition) is 5. The van der Waals surface area contributed by atoms with Gasteiger partial charge in [0.2, 0.25) is 5.88 Å². The molecule has 2 aliphatic heterocycles. The predicted octanol–water partition coefficient (Wildman–Crippen LogP) is 2.80. The maximum atomic E-state index is 12.6. The SMILES string of the molecule is O=c1nc(OCC2COCCO2)cc2n1CCc1cc(C#CC3CCCC3)ccc1-2. The zero-order valence-electron chi connectivity index (χ0n) is 17.1. The Hall–Kier alpha value is -2.62. The van der Waals surface area contributed by atoms with Crippen molar-refractivity contribution in [3.63, 3.8) is 0 Å². The molecule has 6 nitrogen and oxygen atoms in total. The lowest BCUT2D eigenvalue weighted by Gasteiger charge is -2.24. The highest BCUT2D eigenvalue weighted by molar-refractivity contribution is 5.67. The minimum atomic E-state index is -0.279. The number of aryl methyl sites for hydroxylation is 1. The Bertz CT molecular complexity index is 1040. The molecule has 0 N–H and O–H groups in total. The summed E-state index contributed by atoms with van der Waals surface area (Å²) >= 11 is 0. The first-order chi connectivity index (χ1) is 14.8. The van der Waals surface area contributed by atoms with Crippen molar-refractivity contribution in [3.8, 4) is 29.0 Å². The molecule has 5 rings (SSSR count). The monoisotopic (exact) mass is 406 g/mol. The Kier molecular flexibility index (Phi) is 5.56. The molecule has 1 saturated carbocycles. The zero-order valence-corrected chi connectivity index (χ0v) is 17.1. The fourth-order valence-electron chi connectivity index (χ4n) is 4.43. The molecule has 3 heterocycles. The molecule has 1 saturated heterocycles. The number of benzene rings is 1. The molecular weight excluding hydrogens is 380 g/mol. The number of ether oxygens (including phenoxy) is 3. The van der Waals surface area contributed by atoms with Crippen molar-refractivity contribution in [2.45, 2.75) is 44.8 Å². The van der Waals surface area contributed by atoms with E-state index >= 15 is 0 Å². The van der Waals surface area contributed by atoms with Crippen LogP contribution in [0.4, 0.5) is 0 Å². The summed E-state index contributed by atoms with van der Waals surface area (Å²) in [5.41, 5.74) is 3.89. The Morgan fingerprint density at radius 2 is 2.10 bits per heavy atom. The van der Waals surface area contributed by atoms with Gasteiger partial charge in [-0.05, 0) is 37.0 Å². The normalized spacial score (nSPS) is 20.7. The van der Waals surface area contributed by atoms with E-state index in [1.54, 1.807) is 4.57 Å². The van der Waals surface area contributed by atoms with Crippen LogP contribution in [0.3, 0.4) is 0 Å². The average Bonchev–Trinajstić information content (AvgIpc) is 3.30. The van der Waals surface area contributed by atoms with E-state index in [1.807, 2.05) is 6.07 Å². The van der Waals surface area contributed by atoms with E-state index in [9.17, 15) is 4.79 Å². The molecule has 1 atom stereocenters. The van der Waals surface area contributed by atoms with Crippen LogP contribution in [0.15, 0.2) is 29.1 Å². The van der Waals surface area contributed by atoms with Crippen LogP contribution in [-0.2, 0) is 22.4 Å². The summed E-state index contributed by atoms with van der Waals surface area (Å²) in [6.07, 6.45) is 5.72. The Balaban J connectivity index is 1.38. The first-order valence-electron chi connectivity index (χ1n) is 10.8. The molecule has 6 heteroatoms. The van der Waals surface area contributed by atoms with Crippen LogP contribution in [0.2, 0.25) is 0 Å². The smallest absolute Gasteiger partial charge is 0.351 e. The lowest BCUT2D eigenvalue weighted by molar-refractivity contribution is -0.102. The first-order valence-corrected chi connectivity index (χ1v) is 10.8. The Morgan fingerprint density at radius 3 is 2.93 bits per heavy atom. The molecule has 30 heavy (non-hydrogen) atoms. The van der Waals surface area contributed by atoms with E-state index in [0.717, 1.165) is 23.2 Å². The second-order valence-corrected chi connectivity index (χ2v) is 8.17. The van der Waals surface area contributed by atoms with Gasteiger partial charge in [0.25, 0.3) is 0 Å². The minimum absolute atomic E-state index is 0.132. The Morgan fingerprint density at radius 1 is 1.20 bits per heavy atom. The molecule has 1 aromatic carbocycles. The maximum absolute atomic E-state index is 12.6. The zero-order chi connectivity index (χ0) is 20.3. The molecule has 1 aromatic heterocycles. The summed E-state index contributed by atoms with van der Waals surface area (Å²) in [6.45, 7) is 2.61. The van der Waals surface area contributed by atoms with Gasteiger partial charge in [0, 0.05) is 29.7 Å². The standard InChI is InChI=1S/C24H26N2O4/c27-24-25-23(30-16-20-15-28-11-12-29-20)14-22-21-8-7-18(6-5-17-3-1-2-4-17)13-19(21)9-10-26(22)24/h7-8,13-14,17,20H,1-4,9-12,15-16H2. The number of rotatable bonds is 3. The van der Waals surface area contributed by atoms with Gasteiger partial charge in [0.05, 0.1) is 25.5 Å². The highest BCUT2D eigenvalue weighted by Crippen LogP contribution is 2.30. The van der Waals surface area contributed by atoms with Crippen LogP contribution in [0.25, 0.3) is 11.3 Å². The van der Waals surface area contributed by atoms with Crippen molar-refractivity contribution in [2.75, 3.05) is 26.4 Å². The molecule has 2 aromatic rings. The predicted molar refractivity (Wildman–Crippen MR) is 113 cm³/mol. The van der Waals surface area contributed by atoms with Crippen molar-refractivity contribution in [3.05, 3.63) is 45.9 Å². The molecule has 156 valence electrons. The fourth-order valence-corrected chi connectivity index (χ4v) is 4.43. The van der Waals surface area contributed by atoms with E-state index < -0.39 is 0 Å². The molecule has 0 amide bonds. The second kappa shape index (κ2) is 8.63. The van der Waals surface area contributed by atoms with Gasteiger partial charge in [-0.1, -0.05) is 30.7 Å². The average molecular weight is 406 g/mol. The van der Waals surface area contributed by atoms with Crippen LogP contribution >= 0.6 is 0 Å². The largest absolute Gasteiger partial charge is 0.475 e. The summed E-state index contributed by atoms with van der Waals surface area (Å²) < 4.78 is 18.5. The van der Waals surface area contributed by atoms with Crippen LogP contribution in [-0.4, -0.2) is 42.1 Å². The number of fused-ring (bicyclic) bond motifs is 3. The van der Waals surface area contributed by atoms with Crippen molar-refractivity contribution >= 4 is 0 Å². The second-order valence-electron chi connectivity index (χ2n) is 8.17. The third kappa shape index (κ3) is 4.14. The molecule has 3 aliphatic rings. The van der Waals surface area contributed by atoms with Crippen molar-refractivity contribution in [2.24, 2.45) is 5.92 Å². The summed E-state index contributed by atoms with van der Waals surface area (Å²) in [4.78, 5) is 16.7. The molecular formula is C24H26N2O4. The van der Waals surface area contributed by atoms with Gasteiger partial charge in [0.1, 0.15) is 12.7 Å². The van der Waals surface area contributed by atoms with Crippen LogP contribution in [0.5, 0.6) is 5.88 Å². The molecule has 0 radical (unpaired) electrons. The van der Waals surface area contributed by atoms with E-state index in [2.05, 4.69) is 35.0 Å². The lowest BCUT2D eigenvalue weighted by Crippen LogP contribution is -2.34. The summed E-state index contributed by atoms with van der Waals surface area (Å²) in [5, 5.41) is 0. The highest BCUT2D eigenvalue weighted by Gasteiger charge is 2.21. The van der Waals surface area contributed by atoms with Crippen LogP contribution in [0, 0.1) is 17.8 Å². The summed E-state index contributed by atoms with van der Waals surface area (Å²) in [7, 11) is 0. The number of aromatic nitrogens is 2. The Labute approximate surface area is 176 Å². The van der Waals surface area contributed by atoms with Crippen LogP contribution < -0.4 is 10.4 Å². The maximum Gasteiger partial charge on any atom is 0.351 e. The van der Waals surface area contributed by atoms with E-state index in [0.29, 0.717) is 44.8 Å².